The Morgan fingerprint density at radius 3 is 2.76 bits per heavy atom. The molecule has 12 heteroatoms. The number of nitrogens with zero attached hydrogens (tertiary/aromatic N) is 4. The van der Waals surface area contributed by atoms with Crippen LogP contribution >= 0.6 is 0 Å². The number of ether oxygens (including phenoxy) is 1. The van der Waals surface area contributed by atoms with E-state index in [2.05, 4.69) is 27.0 Å². The molecule has 4 N–H and O–H groups in total. The number of esters is 1. The predicted octanol–water partition coefficient (Wildman–Crippen LogP) is 3.64. The highest BCUT2D eigenvalue weighted by molar-refractivity contribution is 5.96. The summed E-state index contributed by atoms with van der Waals surface area (Å²) in [6.07, 6.45) is 2.89. The van der Waals surface area contributed by atoms with Crippen molar-refractivity contribution in [2.45, 2.75) is 38.3 Å². The molecule has 0 saturated heterocycles. The Balaban J connectivity index is 1.59. The number of amides is 1. The first-order chi connectivity index (χ1) is 19.6. The molecule has 210 valence electrons. The minimum absolute atomic E-state index is 0.0313. The van der Waals surface area contributed by atoms with Crippen molar-refractivity contribution in [2.75, 3.05) is 6.61 Å². The highest BCUT2D eigenvalue weighted by Gasteiger charge is 2.37. The number of nitrogens with two attached hydrogens (primary N) is 1. The number of hydrogen-bond acceptors (Lipinski definition) is 8. The van der Waals surface area contributed by atoms with E-state index < -0.39 is 35.6 Å². The molecule has 2 aromatic heterocycles. The van der Waals surface area contributed by atoms with E-state index in [9.17, 15) is 19.5 Å². The number of rotatable bonds is 8. The molecule has 1 unspecified atom stereocenters. The van der Waals surface area contributed by atoms with Gasteiger partial charge in [0.1, 0.15) is 24.4 Å². The SMILES string of the molecule is C=CCOC(=O)c1ccc2c(c1C)C(c1cc([C@H](C)N)ccc1F)C[C@@H]2NC(=O)c1cc(C(=O)O)nc2ncnn12. The second-order valence-electron chi connectivity index (χ2n) is 9.82. The van der Waals surface area contributed by atoms with Crippen LogP contribution in [0.4, 0.5) is 4.39 Å². The molecular formula is C29H27FN6O5. The summed E-state index contributed by atoms with van der Waals surface area (Å²) in [5, 5.41) is 16.4. The van der Waals surface area contributed by atoms with Gasteiger partial charge in [-0.05, 0) is 60.2 Å². The molecule has 0 fully saturated rings. The van der Waals surface area contributed by atoms with Crippen molar-refractivity contribution in [3.8, 4) is 0 Å². The third-order valence-corrected chi connectivity index (χ3v) is 7.23. The minimum atomic E-state index is -1.33. The fourth-order valence-electron chi connectivity index (χ4n) is 5.28. The summed E-state index contributed by atoms with van der Waals surface area (Å²) in [5.74, 6) is -3.52. The van der Waals surface area contributed by atoms with Gasteiger partial charge in [0.2, 0.25) is 0 Å². The predicted molar refractivity (Wildman–Crippen MR) is 145 cm³/mol. The zero-order chi connectivity index (χ0) is 29.4. The van der Waals surface area contributed by atoms with Crippen molar-refractivity contribution in [2.24, 2.45) is 5.73 Å². The highest BCUT2D eigenvalue weighted by Crippen LogP contribution is 2.47. The summed E-state index contributed by atoms with van der Waals surface area (Å²) in [4.78, 5) is 45.8. The number of fused-ring (bicyclic) bond motifs is 2. The van der Waals surface area contributed by atoms with Crippen LogP contribution in [0.3, 0.4) is 0 Å². The fraction of sp³-hybridized carbons (Fsp3) is 0.241. The molecule has 11 nitrogen and oxygen atoms in total. The number of benzene rings is 2. The molecule has 5 rings (SSSR count). The monoisotopic (exact) mass is 558 g/mol. The number of carboxylic acids is 1. The molecular weight excluding hydrogens is 531 g/mol. The van der Waals surface area contributed by atoms with Crippen LogP contribution in [-0.4, -0.2) is 49.1 Å². The van der Waals surface area contributed by atoms with Crippen LogP contribution < -0.4 is 11.1 Å². The molecule has 3 atom stereocenters. The maximum absolute atomic E-state index is 15.3. The Morgan fingerprint density at radius 2 is 2.05 bits per heavy atom. The average molecular weight is 559 g/mol. The summed E-state index contributed by atoms with van der Waals surface area (Å²) >= 11 is 0. The summed E-state index contributed by atoms with van der Waals surface area (Å²) in [6.45, 7) is 7.16. The number of hydrogen-bond donors (Lipinski definition) is 3. The van der Waals surface area contributed by atoms with Gasteiger partial charge in [-0.25, -0.2) is 19.0 Å². The molecule has 2 heterocycles. The van der Waals surface area contributed by atoms with Crippen LogP contribution in [0.5, 0.6) is 0 Å². The van der Waals surface area contributed by atoms with Gasteiger partial charge in [-0.2, -0.15) is 14.6 Å². The normalized spacial score (nSPS) is 16.7. The van der Waals surface area contributed by atoms with Crippen LogP contribution in [0.25, 0.3) is 5.78 Å². The fourth-order valence-corrected chi connectivity index (χ4v) is 5.28. The second-order valence-corrected chi connectivity index (χ2v) is 9.82. The number of carbonyl (C=O) groups is 3. The Kier molecular flexibility index (Phi) is 7.33. The Hall–Kier alpha value is -4.97. The van der Waals surface area contributed by atoms with Crippen LogP contribution in [-0.2, 0) is 4.74 Å². The van der Waals surface area contributed by atoms with Crippen LogP contribution in [0, 0.1) is 12.7 Å². The topological polar surface area (TPSA) is 162 Å². The molecule has 41 heavy (non-hydrogen) atoms. The number of carbonyl (C=O) groups excluding carboxylic acids is 2. The second kappa shape index (κ2) is 10.9. The number of aromatic nitrogens is 4. The third-order valence-electron chi connectivity index (χ3n) is 7.23. The number of carboxylic acid groups (broad SMARTS) is 1. The van der Waals surface area contributed by atoms with Crippen LogP contribution in [0.2, 0.25) is 0 Å². The summed E-state index contributed by atoms with van der Waals surface area (Å²) < 4.78 is 21.7. The van der Waals surface area contributed by atoms with Crippen molar-refractivity contribution in [1.29, 1.82) is 0 Å². The number of nitrogens with one attached hydrogen (secondary N) is 1. The van der Waals surface area contributed by atoms with Crippen molar-refractivity contribution in [3.63, 3.8) is 0 Å². The van der Waals surface area contributed by atoms with E-state index in [1.165, 1.54) is 12.1 Å². The van der Waals surface area contributed by atoms with E-state index in [-0.39, 0.29) is 36.2 Å². The Labute approximate surface area is 233 Å². The minimum Gasteiger partial charge on any atom is -0.477 e. The maximum Gasteiger partial charge on any atom is 0.354 e. The maximum atomic E-state index is 15.3. The van der Waals surface area contributed by atoms with Crippen molar-refractivity contribution in [1.82, 2.24) is 24.9 Å². The highest BCUT2D eigenvalue weighted by atomic mass is 19.1. The number of halogens is 1. The van der Waals surface area contributed by atoms with Crippen molar-refractivity contribution < 1.29 is 28.6 Å². The Morgan fingerprint density at radius 1 is 1.27 bits per heavy atom. The zero-order valence-corrected chi connectivity index (χ0v) is 22.3. The summed E-state index contributed by atoms with van der Waals surface area (Å²) in [7, 11) is 0. The largest absolute Gasteiger partial charge is 0.477 e. The van der Waals surface area contributed by atoms with Gasteiger partial charge in [-0.3, -0.25) is 4.79 Å². The van der Waals surface area contributed by atoms with E-state index >= 15 is 4.39 Å². The molecule has 2 aromatic carbocycles. The number of aromatic carboxylic acids is 1. The molecule has 0 aliphatic heterocycles. The lowest BCUT2D eigenvalue weighted by atomic mass is 9.86. The van der Waals surface area contributed by atoms with Gasteiger partial charge in [-0.15, -0.1) is 0 Å². The zero-order valence-electron chi connectivity index (χ0n) is 22.3. The van der Waals surface area contributed by atoms with Gasteiger partial charge in [0.05, 0.1) is 11.6 Å². The standard InChI is InChI=1S/C29H27FN6O5/c1-4-9-41-28(40)17-6-7-18-22(34-26(37)24-12-23(27(38)39)35-29-32-13-33-36(24)29)11-20(25(18)14(17)2)19-10-16(15(3)31)5-8-21(19)30/h4-8,10,12-13,15,20,22H,1,9,11,31H2,2-3H3,(H,34,37)(H,38,39)/t15-,20?,22-/m0/s1. The first-order valence-electron chi connectivity index (χ1n) is 12.8. The van der Waals surface area contributed by atoms with Gasteiger partial charge >= 0.3 is 11.9 Å². The molecule has 0 saturated carbocycles. The lowest BCUT2D eigenvalue weighted by molar-refractivity contribution is 0.0548. The van der Waals surface area contributed by atoms with E-state index in [0.717, 1.165) is 22.5 Å². The first kappa shape index (κ1) is 27.6. The van der Waals surface area contributed by atoms with Crippen LogP contribution in [0.15, 0.2) is 55.4 Å². The lowest BCUT2D eigenvalue weighted by Crippen LogP contribution is -2.30. The summed E-state index contributed by atoms with van der Waals surface area (Å²) in [5.41, 5.74) is 9.05. The molecule has 0 radical (unpaired) electrons. The summed E-state index contributed by atoms with van der Waals surface area (Å²) in [6, 6.07) is 8.19. The van der Waals surface area contributed by atoms with E-state index in [1.54, 1.807) is 38.1 Å². The van der Waals surface area contributed by atoms with E-state index in [0.29, 0.717) is 27.8 Å². The van der Waals surface area contributed by atoms with Gasteiger partial charge < -0.3 is 20.9 Å². The molecule has 1 aliphatic carbocycles. The average Bonchev–Trinajstić information content (AvgIpc) is 3.56. The molecule has 4 aromatic rings. The van der Waals surface area contributed by atoms with Crippen molar-refractivity contribution in [3.05, 3.63) is 106 Å². The molecule has 0 bridgehead atoms. The van der Waals surface area contributed by atoms with Gasteiger partial charge in [0.25, 0.3) is 11.7 Å². The van der Waals surface area contributed by atoms with E-state index in [4.69, 9.17) is 10.5 Å². The van der Waals surface area contributed by atoms with Crippen LogP contribution in [0.1, 0.15) is 90.5 Å². The molecule has 0 spiro atoms. The molecule has 1 aliphatic rings. The first-order valence-corrected chi connectivity index (χ1v) is 12.8. The Bertz CT molecular complexity index is 1720. The van der Waals surface area contributed by atoms with E-state index in [1.807, 2.05) is 0 Å². The lowest BCUT2D eigenvalue weighted by Gasteiger charge is -2.19. The van der Waals surface area contributed by atoms with Crippen molar-refractivity contribution >= 4 is 23.6 Å². The molecule has 1 amide bonds. The van der Waals surface area contributed by atoms with Gasteiger partial charge in [0, 0.05) is 18.0 Å². The van der Waals surface area contributed by atoms with Gasteiger partial charge in [-0.1, -0.05) is 30.9 Å². The quantitative estimate of drug-likeness (QED) is 0.216. The smallest absolute Gasteiger partial charge is 0.354 e. The third kappa shape index (κ3) is 5.05. The van der Waals surface area contributed by atoms with Gasteiger partial charge in [0.15, 0.2) is 5.69 Å².